The van der Waals surface area contributed by atoms with Gasteiger partial charge in [0.2, 0.25) is 0 Å². The van der Waals surface area contributed by atoms with Crippen LogP contribution in [0.2, 0.25) is 0 Å². The molecule has 0 spiro atoms. The Balaban J connectivity index is 1.93. The lowest BCUT2D eigenvalue weighted by Crippen LogP contribution is -2.41. The van der Waals surface area contributed by atoms with Crippen molar-refractivity contribution in [2.75, 3.05) is 19.1 Å². The molecule has 1 amide bonds. The summed E-state index contributed by atoms with van der Waals surface area (Å²) in [6.45, 7) is 0. The number of carboxylic acids is 1. The van der Waals surface area contributed by atoms with Gasteiger partial charge in [-0.1, -0.05) is 48.6 Å². The Labute approximate surface area is 208 Å². The van der Waals surface area contributed by atoms with Crippen molar-refractivity contribution in [3.05, 3.63) is 89.2 Å². The minimum atomic E-state index is -1.06. The molecule has 1 atom stereocenters. The maximum Gasteiger partial charge on any atom is 0.339 e. The van der Waals surface area contributed by atoms with Crippen LogP contribution in [0.1, 0.15) is 38.3 Å². The highest BCUT2D eigenvalue weighted by molar-refractivity contribution is 7.98. The van der Waals surface area contributed by atoms with Gasteiger partial charge in [0.05, 0.1) is 12.7 Å². The molecule has 0 saturated heterocycles. The summed E-state index contributed by atoms with van der Waals surface area (Å²) in [4.78, 5) is 40.5. The first kappa shape index (κ1) is 25.7. The zero-order valence-electron chi connectivity index (χ0n) is 19.4. The Morgan fingerprint density at radius 1 is 1.06 bits per heavy atom. The van der Waals surface area contributed by atoms with E-state index in [0.29, 0.717) is 34.4 Å². The fourth-order valence-electron chi connectivity index (χ4n) is 3.42. The molecule has 2 N–H and O–H groups in total. The van der Waals surface area contributed by atoms with Gasteiger partial charge in [-0.15, -0.1) is 0 Å². The van der Waals surface area contributed by atoms with Crippen LogP contribution in [0, 0.1) is 0 Å². The van der Waals surface area contributed by atoms with E-state index in [4.69, 9.17) is 4.74 Å². The van der Waals surface area contributed by atoms with Crippen molar-refractivity contribution in [2.45, 2.75) is 12.5 Å². The summed E-state index contributed by atoms with van der Waals surface area (Å²) in [5.74, 6) is -1.34. The zero-order valence-corrected chi connectivity index (χ0v) is 20.2. The van der Waals surface area contributed by atoms with Crippen molar-refractivity contribution in [2.24, 2.45) is 0 Å². The number of carbonyl (C=O) groups is 3. The number of methoxy groups -OCH3 is 1. The summed E-state index contributed by atoms with van der Waals surface area (Å²) in [5.41, 5.74) is 3.79. The van der Waals surface area contributed by atoms with Crippen molar-refractivity contribution in [3.63, 3.8) is 0 Å². The van der Waals surface area contributed by atoms with Crippen LogP contribution < -0.4 is 5.32 Å². The molecule has 0 aliphatic carbocycles. The monoisotopic (exact) mass is 490 g/mol. The fraction of sp³-hybridized carbons (Fsp3) is 0.185. The van der Waals surface area contributed by atoms with E-state index in [2.05, 4.69) is 10.3 Å². The molecule has 0 radical (unpaired) electrons. The average molecular weight is 491 g/mol. The van der Waals surface area contributed by atoms with Gasteiger partial charge >= 0.3 is 11.9 Å². The second-order valence-corrected chi connectivity index (χ2v) is 8.63. The Morgan fingerprint density at radius 3 is 2.49 bits per heavy atom. The van der Waals surface area contributed by atoms with Gasteiger partial charge in [-0.3, -0.25) is 9.78 Å². The normalized spacial score (nSPS) is 11.7. The van der Waals surface area contributed by atoms with Crippen molar-refractivity contribution >= 4 is 41.8 Å². The number of aliphatic carboxylic acids is 1. The molecule has 2 aromatic carbocycles. The number of amides is 1. The minimum absolute atomic E-state index is 0.336. The number of rotatable bonds is 10. The Morgan fingerprint density at radius 2 is 1.80 bits per heavy atom. The molecule has 0 bridgehead atoms. The van der Waals surface area contributed by atoms with Crippen LogP contribution in [-0.4, -0.2) is 53.1 Å². The van der Waals surface area contributed by atoms with E-state index in [1.165, 1.54) is 25.1 Å². The molecule has 1 heterocycles. The number of carboxylic acid groups (broad SMARTS) is 1. The summed E-state index contributed by atoms with van der Waals surface area (Å²) in [6, 6.07) is 15.5. The second-order valence-electron chi connectivity index (χ2n) is 7.65. The lowest BCUT2D eigenvalue weighted by molar-refractivity contribution is -0.139. The highest BCUT2D eigenvalue weighted by Crippen LogP contribution is 2.26. The van der Waals surface area contributed by atoms with Crippen LogP contribution in [-0.2, 0) is 9.53 Å². The third kappa shape index (κ3) is 7.04. The number of benzene rings is 2. The first-order chi connectivity index (χ1) is 16.9. The van der Waals surface area contributed by atoms with E-state index in [0.717, 1.165) is 11.1 Å². The van der Waals surface area contributed by atoms with E-state index in [1.807, 2.05) is 54.8 Å². The predicted molar refractivity (Wildman–Crippen MR) is 138 cm³/mol. The van der Waals surface area contributed by atoms with E-state index in [9.17, 15) is 19.5 Å². The Hall–Kier alpha value is -3.91. The number of pyridine rings is 1. The number of esters is 1. The van der Waals surface area contributed by atoms with Gasteiger partial charge in [-0.05, 0) is 58.9 Å². The molecule has 3 aromatic rings. The molecule has 0 fully saturated rings. The number of hydrogen-bond donors (Lipinski definition) is 2. The first-order valence-corrected chi connectivity index (χ1v) is 12.3. The number of hydrogen-bond acceptors (Lipinski definition) is 6. The lowest BCUT2D eigenvalue weighted by Gasteiger charge is -2.16. The maximum absolute atomic E-state index is 13.1. The summed E-state index contributed by atoms with van der Waals surface area (Å²) >= 11 is 1.53. The Bertz CT molecular complexity index is 1230. The van der Waals surface area contributed by atoms with Crippen molar-refractivity contribution in [1.29, 1.82) is 0 Å². The molecule has 0 aliphatic rings. The van der Waals surface area contributed by atoms with Crippen molar-refractivity contribution in [3.8, 4) is 11.1 Å². The molecule has 7 nitrogen and oxygen atoms in total. The summed E-state index contributed by atoms with van der Waals surface area (Å²) in [7, 11) is 1.31. The smallest absolute Gasteiger partial charge is 0.339 e. The highest BCUT2D eigenvalue weighted by atomic mass is 32.2. The van der Waals surface area contributed by atoms with E-state index >= 15 is 0 Å². The molecule has 8 heteroatoms. The summed E-state index contributed by atoms with van der Waals surface area (Å²) in [5, 5.41) is 12.2. The SMILES string of the molecule is COC(=O)c1cncc(/C=C/c2ccc(C(=O)NC(CCSC)C(=O)O)c(-c3ccccc3)c2)c1. The summed E-state index contributed by atoms with van der Waals surface area (Å²) < 4.78 is 4.74. The second kappa shape index (κ2) is 12.5. The van der Waals surface area contributed by atoms with Gasteiger partial charge < -0.3 is 15.2 Å². The third-order valence-electron chi connectivity index (χ3n) is 5.24. The third-order valence-corrected chi connectivity index (χ3v) is 5.88. The van der Waals surface area contributed by atoms with Crippen LogP contribution in [0.4, 0.5) is 0 Å². The fourth-order valence-corrected chi connectivity index (χ4v) is 3.89. The number of nitrogens with one attached hydrogen (secondary N) is 1. The molecule has 1 unspecified atom stereocenters. The maximum atomic E-state index is 13.1. The molecule has 35 heavy (non-hydrogen) atoms. The molecule has 180 valence electrons. The van der Waals surface area contributed by atoms with Gasteiger partial charge in [0.15, 0.2) is 0 Å². The van der Waals surface area contributed by atoms with Gasteiger partial charge in [0, 0.05) is 18.0 Å². The number of nitrogens with zero attached hydrogens (tertiary/aromatic N) is 1. The lowest BCUT2D eigenvalue weighted by atomic mass is 9.96. The van der Waals surface area contributed by atoms with Crippen LogP contribution in [0.25, 0.3) is 23.3 Å². The number of ether oxygens (including phenoxy) is 1. The molecular formula is C27H26N2O5S. The van der Waals surface area contributed by atoms with Crippen molar-refractivity contribution in [1.82, 2.24) is 10.3 Å². The largest absolute Gasteiger partial charge is 0.480 e. The van der Waals surface area contributed by atoms with Gasteiger partial charge in [0.25, 0.3) is 5.91 Å². The molecular weight excluding hydrogens is 464 g/mol. The van der Waals surface area contributed by atoms with Crippen LogP contribution in [0.3, 0.4) is 0 Å². The molecule has 1 aromatic heterocycles. The quantitative estimate of drug-likeness (QED) is 0.399. The predicted octanol–water partition coefficient (Wildman–Crippen LogP) is 4.64. The van der Waals surface area contributed by atoms with E-state index in [-0.39, 0.29) is 0 Å². The van der Waals surface area contributed by atoms with E-state index < -0.39 is 23.9 Å². The molecule has 0 aliphatic heterocycles. The zero-order chi connectivity index (χ0) is 25.2. The van der Waals surface area contributed by atoms with E-state index in [1.54, 1.807) is 24.4 Å². The average Bonchev–Trinajstić information content (AvgIpc) is 2.89. The van der Waals surface area contributed by atoms with Crippen molar-refractivity contribution < 1.29 is 24.2 Å². The van der Waals surface area contributed by atoms with Gasteiger partial charge in [-0.25, -0.2) is 9.59 Å². The number of thioether (sulfide) groups is 1. The number of carbonyl (C=O) groups excluding carboxylic acids is 2. The minimum Gasteiger partial charge on any atom is -0.480 e. The standard InChI is InChI=1S/C27H26N2O5S/c1-34-27(33)21-14-19(16-28-17-21)9-8-18-10-11-22(23(15-18)20-6-4-3-5-7-20)25(30)29-24(26(31)32)12-13-35-2/h3-11,14-17,24H,12-13H2,1-2H3,(H,29,30)(H,31,32)/b9-8+. The van der Waals surface area contributed by atoms with Crippen LogP contribution in [0.5, 0.6) is 0 Å². The molecule has 3 rings (SSSR count). The number of aromatic nitrogens is 1. The summed E-state index contributed by atoms with van der Waals surface area (Å²) in [6.07, 6.45) is 8.96. The van der Waals surface area contributed by atoms with Gasteiger partial charge in [0.1, 0.15) is 6.04 Å². The highest BCUT2D eigenvalue weighted by Gasteiger charge is 2.22. The topological polar surface area (TPSA) is 106 Å². The molecule has 0 saturated carbocycles. The van der Waals surface area contributed by atoms with Crippen LogP contribution >= 0.6 is 11.8 Å². The van der Waals surface area contributed by atoms with Gasteiger partial charge in [-0.2, -0.15) is 11.8 Å². The Kier molecular flexibility index (Phi) is 9.20. The van der Waals surface area contributed by atoms with Crippen LogP contribution in [0.15, 0.2) is 67.0 Å². The first-order valence-electron chi connectivity index (χ1n) is 10.9.